The third kappa shape index (κ3) is 3.20. The molecule has 1 aliphatic rings. The molecule has 6 nitrogen and oxygen atoms in total. The predicted octanol–water partition coefficient (Wildman–Crippen LogP) is 2.95. The van der Waals surface area contributed by atoms with E-state index < -0.39 is 0 Å². The Balaban J connectivity index is 1.68. The van der Waals surface area contributed by atoms with E-state index in [-0.39, 0.29) is 12.0 Å². The molecule has 0 aromatic carbocycles. The van der Waals surface area contributed by atoms with E-state index in [1.165, 1.54) is 11.3 Å². The van der Waals surface area contributed by atoms with Crippen molar-refractivity contribution in [3.63, 3.8) is 0 Å². The van der Waals surface area contributed by atoms with Crippen LogP contribution in [0.3, 0.4) is 0 Å². The van der Waals surface area contributed by atoms with E-state index >= 15 is 0 Å². The number of thiazole rings is 1. The molecule has 0 amide bonds. The molecule has 1 aliphatic heterocycles. The van der Waals surface area contributed by atoms with E-state index in [9.17, 15) is 4.79 Å². The number of hydrogen-bond donors (Lipinski definition) is 0. The van der Waals surface area contributed by atoms with Crippen LogP contribution in [0.1, 0.15) is 52.8 Å². The maximum absolute atomic E-state index is 11.7. The highest BCUT2D eigenvalue weighted by atomic mass is 32.1. The van der Waals surface area contributed by atoms with Crippen LogP contribution in [0.5, 0.6) is 0 Å². The van der Waals surface area contributed by atoms with Gasteiger partial charge in [-0.1, -0.05) is 5.16 Å². The number of nitrogens with zero attached hydrogens (tertiary/aromatic N) is 3. The van der Waals surface area contributed by atoms with Gasteiger partial charge in [0, 0.05) is 11.4 Å². The second kappa shape index (κ2) is 6.58. The first-order valence-electron chi connectivity index (χ1n) is 7.46. The van der Waals surface area contributed by atoms with Crippen molar-refractivity contribution in [2.24, 2.45) is 0 Å². The van der Waals surface area contributed by atoms with Gasteiger partial charge in [0.15, 0.2) is 11.5 Å². The number of hydrogen-bond acceptors (Lipinski definition) is 7. The first kappa shape index (κ1) is 15.2. The Kier molecular flexibility index (Phi) is 4.54. The van der Waals surface area contributed by atoms with Crippen LogP contribution >= 0.6 is 11.3 Å². The van der Waals surface area contributed by atoms with Crippen LogP contribution in [0.4, 0.5) is 0 Å². The average molecular weight is 321 g/mol. The SMILES string of the molecule is CCOC(=O)c1csc(CN2CCCC2c2cc(C)no2)n1. The first-order valence-corrected chi connectivity index (χ1v) is 8.34. The Hall–Kier alpha value is -1.73. The minimum atomic E-state index is -0.353. The predicted molar refractivity (Wildman–Crippen MR) is 81.7 cm³/mol. The fourth-order valence-corrected chi connectivity index (χ4v) is 3.52. The quantitative estimate of drug-likeness (QED) is 0.789. The standard InChI is InChI=1S/C15H19N3O3S/c1-3-20-15(19)11-9-22-14(16-11)8-18-6-4-5-12(18)13-7-10(2)17-21-13/h7,9,12H,3-6,8H2,1-2H3. The topological polar surface area (TPSA) is 68.5 Å². The monoisotopic (exact) mass is 321 g/mol. The highest BCUT2D eigenvalue weighted by Gasteiger charge is 2.29. The molecule has 2 aromatic heterocycles. The second-order valence-corrected chi connectivity index (χ2v) is 6.29. The maximum atomic E-state index is 11.7. The number of likely N-dealkylation sites (tertiary alicyclic amines) is 1. The van der Waals surface area contributed by atoms with Crippen LogP contribution in [0.15, 0.2) is 16.0 Å². The van der Waals surface area contributed by atoms with E-state index in [0.717, 1.165) is 35.8 Å². The molecule has 1 saturated heterocycles. The van der Waals surface area contributed by atoms with Gasteiger partial charge in [-0.3, -0.25) is 4.90 Å². The van der Waals surface area contributed by atoms with Gasteiger partial charge in [0.2, 0.25) is 0 Å². The molecule has 0 radical (unpaired) electrons. The van der Waals surface area contributed by atoms with Gasteiger partial charge in [-0.15, -0.1) is 11.3 Å². The van der Waals surface area contributed by atoms with E-state index in [1.807, 2.05) is 13.0 Å². The van der Waals surface area contributed by atoms with Crippen molar-refractivity contribution in [2.75, 3.05) is 13.2 Å². The number of carbonyl (C=O) groups is 1. The fourth-order valence-electron chi connectivity index (χ4n) is 2.73. The van der Waals surface area contributed by atoms with Gasteiger partial charge < -0.3 is 9.26 Å². The van der Waals surface area contributed by atoms with E-state index in [4.69, 9.17) is 9.26 Å². The third-order valence-electron chi connectivity index (χ3n) is 3.71. The Morgan fingerprint density at radius 2 is 2.45 bits per heavy atom. The molecule has 0 spiro atoms. The van der Waals surface area contributed by atoms with Crippen molar-refractivity contribution < 1.29 is 14.1 Å². The van der Waals surface area contributed by atoms with Crippen molar-refractivity contribution in [3.05, 3.63) is 33.6 Å². The zero-order chi connectivity index (χ0) is 15.5. The summed E-state index contributed by atoms with van der Waals surface area (Å²) in [5.41, 5.74) is 1.30. The van der Waals surface area contributed by atoms with Crippen molar-refractivity contribution in [2.45, 2.75) is 39.3 Å². The Morgan fingerprint density at radius 1 is 1.59 bits per heavy atom. The van der Waals surface area contributed by atoms with Gasteiger partial charge >= 0.3 is 5.97 Å². The van der Waals surface area contributed by atoms with Crippen LogP contribution in [0.25, 0.3) is 0 Å². The van der Waals surface area contributed by atoms with Crippen LogP contribution in [0.2, 0.25) is 0 Å². The lowest BCUT2D eigenvalue weighted by molar-refractivity contribution is 0.0520. The van der Waals surface area contributed by atoms with Crippen LogP contribution in [0, 0.1) is 6.92 Å². The Labute approximate surface area is 133 Å². The molecule has 3 rings (SSSR count). The largest absolute Gasteiger partial charge is 0.461 e. The third-order valence-corrected chi connectivity index (χ3v) is 4.55. The fraction of sp³-hybridized carbons (Fsp3) is 0.533. The average Bonchev–Trinajstić information content (AvgIpc) is 3.20. The molecule has 1 unspecified atom stereocenters. The zero-order valence-electron chi connectivity index (χ0n) is 12.7. The highest BCUT2D eigenvalue weighted by molar-refractivity contribution is 7.09. The lowest BCUT2D eigenvalue weighted by Gasteiger charge is -2.20. The molecule has 118 valence electrons. The van der Waals surface area contributed by atoms with Crippen molar-refractivity contribution >= 4 is 17.3 Å². The number of ether oxygens (including phenoxy) is 1. The summed E-state index contributed by atoms with van der Waals surface area (Å²) in [5, 5.41) is 6.66. The normalized spacial score (nSPS) is 18.7. The van der Waals surface area contributed by atoms with Gasteiger partial charge in [-0.25, -0.2) is 9.78 Å². The van der Waals surface area contributed by atoms with Gasteiger partial charge in [-0.2, -0.15) is 0 Å². The van der Waals surface area contributed by atoms with E-state index in [0.29, 0.717) is 18.8 Å². The second-order valence-electron chi connectivity index (χ2n) is 5.35. The van der Waals surface area contributed by atoms with Crippen LogP contribution in [-0.4, -0.2) is 34.2 Å². The smallest absolute Gasteiger partial charge is 0.357 e. The highest BCUT2D eigenvalue weighted by Crippen LogP contribution is 2.33. The van der Waals surface area contributed by atoms with E-state index in [2.05, 4.69) is 15.0 Å². The summed E-state index contributed by atoms with van der Waals surface area (Å²) in [6.07, 6.45) is 2.19. The van der Waals surface area contributed by atoms with Gasteiger partial charge in [0.05, 0.1) is 24.9 Å². The van der Waals surface area contributed by atoms with Crippen molar-refractivity contribution in [3.8, 4) is 0 Å². The summed E-state index contributed by atoms with van der Waals surface area (Å²) in [5.74, 6) is 0.561. The summed E-state index contributed by atoms with van der Waals surface area (Å²) < 4.78 is 10.4. The molecule has 0 saturated carbocycles. The molecule has 22 heavy (non-hydrogen) atoms. The lowest BCUT2D eigenvalue weighted by atomic mass is 10.1. The summed E-state index contributed by atoms with van der Waals surface area (Å²) in [6.45, 7) is 5.80. The zero-order valence-corrected chi connectivity index (χ0v) is 13.6. The number of aromatic nitrogens is 2. The molecule has 0 aliphatic carbocycles. The van der Waals surface area contributed by atoms with Crippen LogP contribution < -0.4 is 0 Å². The Morgan fingerprint density at radius 3 is 3.18 bits per heavy atom. The minimum absolute atomic E-state index is 0.246. The van der Waals surface area contributed by atoms with Crippen LogP contribution in [-0.2, 0) is 11.3 Å². The minimum Gasteiger partial charge on any atom is -0.461 e. The number of esters is 1. The van der Waals surface area contributed by atoms with Crippen molar-refractivity contribution in [1.82, 2.24) is 15.0 Å². The van der Waals surface area contributed by atoms with E-state index in [1.54, 1.807) is 12.3 Å². The summed E-state index contributed by atoms with van der Waals surface area (Å²) >= 11 is 1.49. The number of carbonyl (C=O) groups excluding carboxylic acids is 1. The lowest BCUT2D eigenvalue weighted by Crippen LogP contribution is -2.22. The molecule has 7 heteroatoms. The molecular formula is C15H19N3O3S. The molecule has 2 aromatic rings. The molecule has 1 atom stereocenters. The summed E-state index contributed by atoms with van der Waals surface area (Å²) in [4.78, 5) is 18.4. The molecule has 1 fully saturated rings. The maximum Gasteiger partial charge on any atom is 0.357 e. The summed E-state index contributed by atoms with van der Waals surface area (Å²) in [7, 11) is 0. The van der Waals surface area contributed by atoms with Gasteiger partial charge in [0.1, 0.15) is 5.01 Å². The number of rotatable bonds is 5. The molecule has 3 heterocycles. The van der Waals surface area contributed by atoms with Crippen molar-refractivity contribution in [1.29, 1.82) is 0 Å². The first-order chi connectivity index (χ1) is 10.7. The summed E-state index contributed by atoms with van der Waals surface area (Å²) in [6, 6.07) is 2.24. The Bertz CT molecular complexity index is 652. The van der Waals surface area contributed by atoms with Gasteiger partial charge in [0.25, 0.3) is 0 Å². The molecule has 0 bridgehead atoms. The number of aryl methyl sites for hydroxylation is 1. The molecular weight excluding hydrogens is 302 g/mol. The van der Waals surface area contributed by atoms with Gasteiger partial charge in [-0.05, 0) is 33.2 Å². The molecule has 0 N–H and O–H groups in total.